The molecule has 2 aliphatic heterocycles. The maximum Gasteiger partial charge on any atom is 0.306 e. The first-order valence-corrected chi connectivity index (χ1v) is 16.5. The van der Waals surface area contributed by atoms with Crippen LogP contribution in [0.5, 0.6) is 0 Å². The number of hydrogen-bond acceptors (Lipinski definition) is 7. The number of carbonyl (C=O) groups is 2. The second kappa shape index (κ2) is 15.0. The van der Waals surface area contributed by atoms with E-state index in [1.54, 1.807) is 6.20 Å². The van der Waals surface area contributed by atoms with E-state index in [2.05, 4.69) is 36.3 Å². The van der Waals surface area contributed by atoms with Gasteiger partial charge in [0.2, 0.25) is 0 Å². The van der Waals surface area contributed by atoms with Gasteiger partial charge in [-0.25, -0.2) is 0 Å². The van der Waals surface area contributed by atoms with E-state index in [0.717, 1.165) is 59.6 Å². The molecule has 0 unspecified atom stereocenters. The van der Waals surface area contributed by atoms with Gasteiger partial charge in [-0.15, -0.1) is 0 Å². The third-order valence-corrected chi connectivity index (χ3v) is 9.63. The van der Waals surface area contributed by atoms with Crippen LogP contribution in [0.3, 0.4) is 0 Å². The van der Waals surface area contributed by atoms with Crippen LogP contribution in [0.4, 0.5) is 5.69 Å². The molecule has 47 heavy (non-hydrogen) atoms. The molecular formula is C40H43N3O4. The van der Waals surface area contributed by atoms with E-state index < -0.39 is 11.9 Å². The number of benzene rings is 3. The number of carbonyl (C=O) groups excluding carboxylic acids is 2. The number of aromatic nitrogens is 1. The number of pyridine rings is 1. The third kappa shape index (κ3) is 7.75. The number of nitrogens with zero attached hydrogens (tertiary/aromatic N) is 2. The second-order valence-corrected chi connectivity index (χ2v) is 12.7. The summed E-state index contributed by atoms with van der Waals surface area (Å²) in [5.74, 6) is -1.34. The highest BCUT2D eigenvalue weighted by molar-refractivity contribution is 5.98. The fourth-order valence-electron chi connectivity index (χ4n) is 6.85. The third-order valence-electron chi connectivity index (χ3n) is 9.63. The monoisotopic (exact) mass is 629 g/mol. The van der Waals surface area contributed by atoms with Crippen LogP contribution in [0.1, 0.15) is 57.8 Å². The number of esters is 1. The Morgan fingerprint density at radius 2 is 1.66 bits per heavy atom. The van der Waals surface area contributed by atoms with Crippen LogP contribution in [-0.2, 0) is 38.3 Å². The molecule has 0 amide bonds. The predicted octanol–water partition coefficient (Wildman–Crippen LogP) is 6.44. The minimum Gasteiger partial charge on any atom is -0.469 e. The van der Waals surface area contributed by atoms with Gasteiger partial charge in [0.05, 0.1) is 43.7 Å². The van der Waals surface area contributed by atoms with Gasteiger partial charge < -0.3 is 14.8 Å². The molecule has 7 heteroatoms. The molecule has 0 saturated carbocycles. The molecule has 6 rings (SSSR count). The fraction of sp³-hybridized carbons (Fsp3) is 0.350. The van der Waals surface area contributed by atoms with Crippen molar-refractivity contribution in [3.05, 3.63) is 130 Å². The molecule has 1 aromatic heterocycles. The Morgan fingerprint density at radius 1 is 0.957 bits per heavy atom. The Bertz CT molecular complexity index is 1690. The van der Waals surface area contributed by atoms with E-state index in [1.165, 1.54) is 23.8 Å². The van der Waals surface area contributed by atoms with E-state index in [4.69, 9.17) is 14.5 Å². The first kappa shape index (κ1) is 32.5. The molecular weight excluding hydrogens is 586 g/mol. The number of nitrogens with one attached hydrogen (secondary N) is 1. The largest absolute Gasteiger partial charge is 0.469 e. The molecule has 3 aromatic carbocycles. The lowest BCUT2D eigenvalue weighted by molar-refractivity contribution is -0.144. The number of morpholine rings is 1. The van der Waals surface area contributed by atoms with E-state index in [9.17, 15) is 9.59 Å². The zero-order valence-corrected chi connectivity index (χ0v) is 27.4. The van der Waals surface area contributed by atoms with Gasteiger partial charge in [0, 0.05) is 43.1 Å². The first-order chi connectivity index (χ1) is 22.9. The Hall–Kier alpha value is -4.46. The van der Waals surface area contributed by atoms with Crippen LogP contribution in [0.2, 0.25) is 0 Å². The van der Waals surface area contributed by atoms with E-state index in [1.807, 2.05) is 72.8 Å². The average molecular weight is 630 g/mol. The number of fused-ring (bicyclic) bond motifs is 1. The molecule has 4 aromatic rings. The molecule has 0 aliphatic carbocycles. The Morgan fingerprint density at radius 3 is 2.32 bits per heavy atom. The van der Waals surface area contributed by atoms with Crippen LogP contribution in [0.15, 0.2) is 96.1 Å². The van der Waals surface area contributed by atoms with Crippen molar-refractivity contribution in [1.29, 1.82) is 0 Å². The minimum absolute atomic E-state index is 0.00963. The number of ketones is 1. The summed E-state index contributed by atoms with van der Waals surface area (Å²) in [5, 5.41) is 3.67. The molecule has 0 radical (unpaired) electrons. The normalized spacial score (nSPS) is 18.0. The number of aryl methyl sites for hydroxylation is 3. The van der Waals surface area contributed by atoms with Crippen LogP contribution in [-0.4, -0.2) is 54.9 Å². The molecule has 3 heterocycles. The van der Waals surface area contributed by atoms with Crippen molar-refractivity contribution >= 4 is 23.2 Å². The summed E-state index contributed by atoms with van der Waals surface area (Å²) in [5.41, 5.74) is 9.83. The lowest BCUT2D eigenvalue weighted by Crippen LogP contribution is -2.50. The summed E-state index contributed by atoms with van der Waals surface area (Å²) in [6.45, 7) is 5.61. The average Bonchev–Trinajstić information content (AvgIpc) is 3.51. The first-order valence-electron chi connectivity index (χ1n) is 16.5. The fourth-order valence-corrected chi connectivity index (χ4v) is 6.85. The quantitative estimate of drug-likeness (QED) is 0.182. The molecule has 1 fully saturated rings. The summed E-state index contributed by atoms with van der Waals surface area (Å²) < 4.78 is 11.4. The second-order valence-electron chi connectivity index (χ2n) is 12.7. The van der Waals surface area contributed by atoms with Crippen molar-refractivity contribution in [2.75, 3.05) is 20.3 Å². The molecule has 242 valence electrons. The van der Waals surface area contributed by atoms with Crippen LogP contribution >= 0.6 is 0 Å². The maximum atomic E-state index is 14.2. The van der Waals surface area contributed by atoms with E-state index in [-0.39, 0.29) is 36.7 Å². The minimum atomic E-state index is -0.609. The molecule has 1 N–H and O–H groups in total. The summed E-state index contributed by atoms with van der Waals surface area (Å²) in [6.07, 6.45) is 4.32. The summed E-state index contributed by atoms with van der Waals surface area (Å²) in [6, 6.07) is 28.4. The molecule has 7 nitrogen and oxygen atoms in total. The Balaban J connectivity index is 1.12. The highest BCUT2D eigenvalue weighted by Gasteiger charge is 2.34. The highest BCUT2D eigenvalue weighted by Crippen LogP contribution is 2.36. The summed E-state index contributed by atoms with van der Waals surface area (Å²) in [7, 11) is 1.37. The van der Waals surface area contributed by atoms with Crippen LogP contribution < -0.4 is 5.32 Å². The topological polar surface area (TPSA) is 89.9 Å². The molecule has 2 aliphatic rings. The van der Waals surface area contributed by atoms with E-state index >= 15 is 0 Å². The van der Waals surface area contributed by atoms with Gasteiger partial charge in [-0.3, -0.25) is 19.6 Å². The van der Waals surface area contributed by atoms with Gasteiger partial charge in [-0.05, 0) is 72.2 Å². The SMILES string of the molecule is COC(=O)C[C@H](C(=O)Cc1ncccc1CC[C@@H]1CN[C@H](C2=Nc3cc(C)c(C)cc3C2)CO1)C(c1ccccc1)c1ccccc1. The lowest BCUT2D eigenvalue weighted by atomic mass is 9.76. The van der Waals surface area contributed by atoms with Crippen molar-refractivity contribution in [2.24, 2.45) is 10.9 Å². The number of aliphatic imine (C=N–C) groups is 1. The van der Waals surface area contributed by atoms with Crippen molar-refractivity contribution in [2.45, 2.75) is 64.0 Å². The number of rotatable bonds is 12. The van der Waals surface area contributed by atoms with Crippen molar-refractivity contribution in [3.63, 3.8) is 0 Å². The Labute approximate surface area is 277 Å². The van der Waals surface area contributed by atoms with E-state index in [0.29, 0.717) is 6.61 Å². The zero-order chi connectivity index (χ0) is 32.8. The molecule has 1 saturated heterocycles. The molecule has 0 bridgehead atoms. The predicted molar refractivity (Wildman–Crippen MR) is 184 cm³/mol. The number of methoxy groups -OCH3 is 1. The Kier molecular flexibility index (Phi) is 10.3. The number of ether oxygens (including phenoxy) is 2. The summed E-state index contributed by atoms with van der Waals surface area (Å²) in [4.78, 5) is 36.4. The standard InChI is InChI=1S/C40H43N3O4/c1-26-19-31-21-36(43-35(31)20-27(26)2)37-25-47-32(24-42-37)17-16-28-15-10-18-41-34(28)23-38(44)33(22-39(45)46-3)40(29-11-6-4-7-12-29)30-13-8-5-9-14-30/h4-15,18-20,32-33,37,40,42H,16-17,21-25H2,1-3H3/t32-,33-,37+/m1/s1. The smallest absolute Gasteiger partial charge is 0.306 e. The zero-order valence-electron chi connectivity index (χ0n) is 27.4. The molecule has 0 spiro atoms. The van der Waals surface area contributed by atoms with Gasteiger partial charge in [0.25, 0.3) is 0 Å². The highest BCUT2D eigenvalue weighted by atomic mass is 16.5. The number of Topliss-reactive ketones (excluding diaryl/α,β-unsaturated/α-hetero) is 1. The van der Waals surface area contributed by atoms with Crippen LogP contribution in [0, 0.1) is 19.8 Å². The van der Waals surface area contributed by atoms with Gasteiger partial charge in [0.1, 0.15) is 5.78 Å². The lowest BCUT2D eigenvalue weighted by Gasteiger charge is -2.30. The van der Waals surface area contributed by atoms with Gasteiger partial charge in [-0.2, -0.15) is 0 Å². The van der Waals surface area contributed by atoms with Gasteiger partial charge in [0.15, 0.2) is 0 Å². The van der Waals surface area contributed by atoms with Crippen molar-refractivity contribution in [3.8, 4) is 0 Å². The summed E-state index contributed by atoms with van der Waals surface area (Å²) >= 11 is 0. The van der Waals surface area contributed by atoms with Crippen molar-refractivity contribution < 1.29 is 19.1 Å². The maximum absolute atomic E-state index is 14.2. The molecule has 3 atom stereocenters. The van der Waals surface area contributed by atoms with Gasteiger partial charge >= 0.3 is 5.97 Å². The van der Waals surface area contributed by atoms with Crippen LogP contribution in [0.25, 0.3) is 0 Å². The van der Waals surface area contributed by atoms with Gasteiger partial charge in [-0.1, -0.05) is 72.8 Å². The van der Waals surface area contributed by atoms with Crippen molar-refractivity contribution in [1.82, 2.24) is 10.3 Å². The number of hydrogen-bond donors (Lipinski definition) is 1.